The number of nitrogens with one attached hydrogen (secondary N) is 5. The summed E-state index contributed by atoms with van der Waals surface area (Å²) < 4.78 is 78.4. The number of carbonyl (C=O) groups is 2. The van der Waals surface area contributed by atoms with Crippen molar-refractivity contribution in [3.05, 3.63) is 169 Å². The number of aromatic nitrogens is 4. The lowest BCUT2D eigenvalue weighted by atomic mass is 9.79. The van der Waals surface area contributed by atoms with Crippen LogP contribution in [0.3, 0.4) is 0 Å². The smallest absolute Gasteiger partial charge is 0.474 e. The van der Waals surface area contributed by atoms with E-state index < -0.39 is 94.5 Å². The van der Waals surface area contributed by atoms with Gasteiger partial charge < -0.3 is 43.5 Å². The van der Waals surface area contributed by atoms with Crippen molar-refractivity contribution in [2.45, 2.75) is 101 Å². The Morgan fingerprint density at radius 2 is 1.40 bits per heavy atom. The third-order valence-electron chi connectivity index (χ3n) is 14.4. The van der Waals surface area contributed by atoms with Gasteiger partial charge in [0.2, 0.25) is 12.4 Å². The fourth-order valence-electron chi connectivity index (χ4n) is 9.05. The number of rotatable bonds is 25. The van der Waals surface area contributed by atoms with Crippen molar-refractivity contribution in [2.24, 2.45) is 0 Å². The summed E-state index contributed by atoms with van der Waals surface area (Å²) in [5.74, 6) is 0.484. The molecular weight excluding hydrogens is 1090 g/mol. The van der Waals surface area contributed by atoms with E-state index in [0.717, 1.165) is 7.11 Å². The molecule has 2 saturated heterocycles. The first kappa shape index (κ1) is 59.9. The van der Waals surface area contributed by atoms with Gasteiger partial charge in [-0.15, -0.1) is 0 Å². The molecule has 6 aromatic rings. The Morgan fingerprint density at radius 1 is 0.790 bits per heavy atom. The molecule has 81 heavy (non-hydrogen) atoms. The number of hydrogen-bond acceptors (Lipinski definition) is 18. The number of benzene rings is 4. The largest absolute Gasteiger partial charge is 0.497 e. The van der Waals surface area contributed by atoms with Crippen LogP contribution in [0.5, 0.6) is 17.2 Å². The highest BCUT2D eigenvalue weighted by molar-refractivity contribution is 7.48. The Labute approximate surface area is 468 Å². The molecule has 2 aromatic heterocycles. The van der Waals surface area contributed by atoms with Crippen molar-refractivity contribution in [1.29, 1.82) is 0 Å². The number of methoxy groups -OCH3 is 2. The van der Waals surface area contributed by atoms with E-state index in [2.05, 4.69) is 64.8 Å². The van der Waals surface area contributed by atoms with Crippen LogP contribution in [0.15, 0.2) is 130 Å². The number of ether oxygens (including phenoxy) is 6. The lowest BCUT2D eigenvalue weighted by molar-refractivity contribution is -0.118. The van der Waals surface area contributed by atoms with Gasteiger partial charge in [-0.1, -0.05) is 93.6 Å². The molecule has 432 valence electrons. The first-order chi connectivity index (χ1) is 38.7. The number of aromatic amines is 2. The van der Waals surface area contributed by atoms with Gasteiger partial charge in [-0.25, -0.2) is 9.36 Å². The Morgan fingerprint density at radius 3 is 1.99 bits per heavy atom. The molecule has 2 aliphatic heterocycles. The third kappa shape index (κ3) is 14.1. The Bertz CT molecular complexity index is 3290. The molecule has 2 amide bonds. The average molecular weight is 1150 g/mol. The number of H-pyrrole nitrogens is 2. The van der Waals surface area contributed by atoms with Crippen molar-refractivity contribution in [1.82, 2.24) is 19.5 Å². The van der Waals surface area contributed by atoms with Crippen LogP contribution < -0.4 is 47.0 Å². The second kappa shape index (κ2) is 25.7. The molecule has 0 bridgehead atoms. The van der Waals surface area contributed by atoms with Crippen LogP contribution in [0.2, 0.25) is 18.1 Å². The van der Waals surface area contributed by atoms with Crippen LogP contribution in [0.4, 0.5) is 17.5 Å². The quantitative estimate of drug-likeness (QED) is 0.0160. The second-order valence-electron chi connectivity index (χ2n) is 20.7. The number of phosphoric ester groups is 1. The summed E-state index contributed by atoms with van der Waals surface area (Å²) in [6.07, 6.45) is -4.53. The highest BCUT2D eigenvalue weighted by Crippen LogP contribution is 2.54. The lowest BCUT2D eigenvalue weighted by Crippen LogP contribution is -2.44. The van der Waals surface area contributed by atoms with Gasteiger partial charge in [0.05, 0.1) is 33.5 Å². The molecule has 8 rings (SSSR count). The van der Waals surface area contributed by atoms with E-state index in [1.807, 2.05) is 78.9 Å². The van der Waals surface area contributed by atoms with Crippen LogP contribution in [-0.4, -0.2) is 112 Å². The predicted molar refractivity (Wildman–Crippen MR) is 302 cm³/mol. The number of para-hydroxylation sites is 1. The molecule has 0 radical (unpaired) electrons. The fourth-order valence-corrected chi connectivity index (χ4v) is 11.2. The maximum absolute atomic E-state index is 15.0. The summed E-state index contributed by atoms with van der Waals surface area (Å²) >= 11 is 0. The number of amides is 2. The number of phosphoric acid groups is 1. The third-order valence-corrected chi connectivity index (χ3v) is 20.4. The molecule has 2 fully saturated rings. The van der Waals surface area contributed by atoms with Crippen LogP contribution in [0, 0.1) is 6.92 Å². The Kier molecular flexibility index (Phi) is 19.0. The van der Waals surface area contributed by atoms with Gasteiger partial charge in [-0.3, -0.25) is 52.6 Å². The Hall–Kier alpha value is -7.25. The van der Waals surface area contributed by atoms with Crippen molar-refractivity contribution in [3.8, 4) is 17.2 Å². The van der Waals surface area contributed by atoms with Crippen LogP contribution >= 0.6 is 7.82 Å². The van der Waals surface area contributed by atoms with Crippen molar-refractivity contribution in [2.75, 3.05) is 57.1 Å². The topological polar surface area (TPSA) is 280 Å². The zero-order valence-electron chi connectivity index (χ0n) is 46.4. The van der Waals surface area contributed by atoms with Crippen LogP contribution in [0.1, 0.15) is 62.1 Å². The number of carbonyl (C=O) groups excluding carboxylic acids is 2. The molecular formula is C56H68N7O16PSi. The normalized spacial score (nSPS) is 20.0. The van der Waals surface area contributed by atoms with Gasteiger partial charge in [-0.05, 0) is 78.1 Å². The minimum atomic E-state index is -4.62. The molecule has 23 nitrogen and oxygen atoms in total. The number of anilines is 3. The van der Waals surface area contributed by atoms with E-state index in [4.69, 9.17) is 46.4 Å². The number of aryl methyl sites for hydroxylation is 1. The summed E-state index contributed by atoms with van der Waals surface area (Å²) in [6.45, 7) is 11.0. The van der Waals surface area contributed by atoms with Crippen molar-refractivity contribution >= 4 is 45.9 Å². The van der Waals surface area contributed by atoms with Crippen molar-refractivity contribution in [3.63, 3.8) is 0 Å². The van der Waals surface area contributed by atoms with E-state index >= 15 is 4.57 Å². The first-order valence-electron chi connectivity index (χ1n) is 26.0. The number of nitrogens with zero attached hydrogens (tertiary/aromatic N) is 2. The zero-order valence-corrected chi connectivity index (χ0v) is 48.3. The van der Waals surface area contributed by atoms with Gasteiger partial charge in [-0.2, -0.15) is 4.98 Å². The predicted octanol–water partition coefficient (Wildman–Crippen LogP) is 7.60. The standard InChI is InChI=1S/C56H68N7O16PSi/c1-35-30-63(54(68)62-51(35)66)48-29-43(45(77-48)32-75-81(8,9)55(2,3)4)79-80(69,72-7)74-31-44-42(78-56(36-16-12-10-13-17-36,37-20-24-39(70-5)25-21-37)38-22-26-40(71-6)27-23-38)28-47(76-44)59-50-49(57-34-64)52(67)61-53(60-50)58-46(65)33-73-41-18-14-11-15-19-41/h10-27,30,34,42-45,47-48H,28-29,31-33H2,1-9H3,(H,57,64)(H,62,66,68)(H3,58,59,60,61,65,67)/t42-,43-,44+,45+,47-,48+,80?/m0/s1. The van der Waals surface area contributed by atoms with E-state index in [0.29, 0.717) is 40.3 Å². The lowest BCUT2D eigenvalue weighted by Gasteiger charge is -2.39. The minimum absolute atomic E-state index is 0.00405. The van der Waals surface area contributed by atoms with E-state index in [9.17, 15) is 24.0 Å². The summed E-state index contributed by atoms with van der Waals surface area (Å²) in [5.41, 5.74) is -1.51. The fraction of sp³-hybridized carbons (Fsp3) is 0.393. The average Bonchev–Trinajstić information content (AvgIpc) is 4.16. The maximum atomic E-state index is 15.0. The summed E-state index contributed by atoms with van der Waals surface area (Å²) in [7, 11) is -2.74. The molecule has 0 spiro atoms. The molecule has 25 heteroatoms. The van der Waals surface area contributed by atoms with Crippen LogP contribution in [-0.2, 0) is 52.0 Å². The van der Waals surface area contributed by atoms with E-state index in [1.165, 1.54) is 10.8 Å². The van der Waals surface area contributed by atoms with Gasteiger partial charge in [0, 0.05) is 31.7 Å². The second-order valence-corrected chi connectivity index (χ2v) is 27.3. The molecule has 7 atom stereocenters. The summed E-state index contributed by atoms with van der Waals surface area (Å²) in [6, 6.07) is 32.9. The highest BCUT2D eigenvalue weighted by Gasteiger charge is 2.49. The van der Waals surface area contributed by atoms with Gasteiger partial charge >= 0.3 is 13.5 Å². The van der Waals surface area contributed by atoms with Gasteiger partial charge in [0.25, 0.3) is 17.0 Å². The Balaban J connectivity index is 1.15. The zero-order chi connectivity index (χ0) is 58.1. The molecule has 4 heterocycles. The SMILES string of the molecule is COc1ccc(C(O[C@H]2C[C@@H](Nc3nc(NC(=O)COc4ccccc4)[nH]c(=O)c3NC=O)O[C@@H]2COP(=O)(OC)O[C@H]2C[C@H](n3cc(C)c(=O)[nH]c3=O)O[C@@H]2CO[Si](C)(C)C(C)(C)C)(c2ccccc2)c2ccc(OC)cc2)cc1. The van der Waals surface area contributed by atoms with Crippen molar-refractivity contribution < 1.29 is 60.6 Å². The molecule has 0 saturated carbocycles. The van der Waals surface area contributed by atoms with E-state index in [-0.39, 0.29) is 47.5 Å². The number of hydrogen-bond donors (Lipinski definition) is 5. The van der Waals surface area contributed by atoms with Gasteiger partial charge in [0.15, 0.2) is 20.7 Å². The minimum Gasteiger partial charge on any atom is -0.497 e. The molecule has 0 aliphatic carbocycles. The molecule has 4 aromatic carbocycles. The van der Waals surface area contributed by atoms with Gasteiger partial charge in [0.1, 0.15) is 59.3 Å². The molecule has 1 unspecified atom stereocenters. The highest BCUT2D eigenvalue weighted by atomic mass is 31.2. The summed E-state index contributed by atoms with van der Waals surface area (Å²) in [5, 5.41) is 7.83. The summed E-state index contributed by atoms with van der Waals surface area (Å²) in [4.78, 5) is 73.5. The maximum Gasteiger partial charge on any atom is 0.474 e. The molecule has 5 N–H and O–H groups in total. The molecule has 2 aliphatic rings. The van der Waals surface area contributed by atoms with Crippen LogP contribution in [0.25, 0.3) is 0 Å². The first-order valence-corrected chi connectivity index (χ1v) is 30.4. The monoisotopic (exact) mass is 1150 g/mol. The van der Waals surface area contributed by atoms with E-state index in [1.54, 1.807) is 51.5 Å².